The van der Waals surface area contributed by atoms with Crippen LogP contribution < -0.4 is 5.73 Å². The zero-order valence-electron chi connectivity index (χ0n) is 9.82. The Kier molecular flexibility index (Phi) is 4.67. The van der Waals surface area contributed by atoms with Crippen LogP contribution in [0.4, 0.5) is 8.78 Å². The van der Waals surface area contributed by atoms with E-state index in [2.05, 4.69) is 15.9 Å². The third-order valence-electron chi connectivity index (χ3n) is 2.91. The van der Waals surface area contributed by atoms with E-state index in [9.17, 15) is 13.9 Å². The van der Waals surface area contributed by atoms with Gasteiger partial charge in [0.2, 0.25) is 0 Å². The number of halogens is 3. The first-order valence-corrected chi connectivity index (χ1v) is 7.27. The van der Waals surface area contributed by atoms with E-state index in [-0.39, 0.29) is 12.1 Å². The van der Waals surface area contributed by atoms with Crippen molar-refractivity contribution in [1.29, 1.82) is 0 Å². The predicted molar refractivity (Wildman–Crippen MR) is 75.1 cm³/mol. The van der Waals surface area contributed by atoms with Gasteiger partial charge in [-0.2, -0.15) is 0 Å². The van der Waals surface area contributed by atoms with Gasteiger partial charge in [0, 0.05) is 27.9 Å². The Labute approximate surface area is 122 Å². The summed E-state index contributed by atoms with van der Waals surface area (Å²) in [6.07, 6.45) is -0.931. The van der Waals surface area contributed by atoms with Crippen molar-refractivity contribution in [2.45, 2.75) is 12.0 Å². The van der Waals surface area contributed by atoms with E-state index in [4.69, 9.17) is 5.73 Å². The second-order valence-electron chi connectivity index (χ2n) is 4.09. The Morgan fingerprint density at radius 1 is 1.32 bits per heavy atom. The second kappa shape index (κ2) is 6.09. The first-order chi connectivity index (χ1) is 9.04. The number of hydrogen-bond donors (Lipinski definition) is 2. The fourth-order valence-electron chi connectivity index (χ4n) is 1.93. The summed E-state index contributed by atoms with van der Waals surface area (Å²) in [5, 5.41) is 12.2. The first kappa shape index (κ1) is 14.6. The van der Waals surface area contributed by atoms with Crippen LogP contribution >= 0.6 is 27.3 Å². The molecule has 0 aliphatic heterocycles. The minimum absolute atomic E-state index is 0.0636. The Bertz CT molecular complexity index is 576. The molecule has 0 saturated carbocycles. The molecule has 3 N–H and O–H groups in total. The molecule has 0 aliphatic carbocycles. The summed E-state index contributed by atoms with van der Waals surface area (Å²) in [7, 11) is 0. The van der Waals surface area contributed by atoms with Crippen LogP contribution in [-0.4, -0.2) is 11.7 Å². The maximum absolute atomic E-state index is 13.8. The van der Waals surface area contributed by atoms with Crippen LogP contribution in [0.15, 0.2) is 34.1 Å². The molecule has 0 amide bonds. The lowest BCUT2D eigenvalue weighted by Gasteiger charge is -2.22. The van der Waals surface area contributed by atoms with Crippen LogP contribution in [0.25, 0.3) is 0 Å². The number of hydrogen-bond acceptors (Lipinski definition) is 3. The standard InChI is InChI=1S/C13H12BrF2NOS/c14-10-3-4-19-13(10)12(18)9(6-17)8-2-1-7(15)5-11(8)16/h1-5,9,12,18H,6,17H2. The highest BCUT2D eigenvalue weighted by Crippen LogP contribution is 2.38. The minimum atomic E-state index is -0.931. The molecule has 0 aliphatic rings. The Balaban J connectivity index is 2.37. The molecule has 1 heterocycles. The maximum atomic E-state index is 13.8. The monoisotopic (exact) mass is 347 g/mol. The summed E-state index contributed by atoms with van der Waals surface area (Å²) >= 11 is 4.68. The van der Waals surface area contributed by atoms with Crippen molar-refractivity contribution >= 4 is 27.3 Å². The third kappa shape index (κ3) is 3.02. The van der Waals surface area contributed by atoms with Crippen LogP contribution in [0, 0.1) is 11.6 Å². The van der Waals surface area contributed by atoms with Gasteiger partial charge in [-0.05, 0) is 39.0 Å². The number of nitrogens with two attached hydrogens (primary N) is 1. The van der Waals surface area contributed by atoms with Gasteiger partial charge in [0.05, 0.1) is 6.10 Å². The highest BCUT2D eigenvalue weighted by atomic mass is 79.9. The summed E-state index contributed by atoms with van der Waals surface area (Å²) in [4.78, 5) is 0.680. The lowest BCUT2D eigenvalue weighted by molar-refractivity contribution is 0.148. The van der Waals surface area contributed by atoms with Crippen LogP contribution in [-0.2, 0) is 0 Å². The molecule has 0 spiro atoms. The highest BCUT2D eigenvalue weighted by Gasteiger charge is 2.26. The van der Waals surface area contributed by atoms with Crippen molar-refractivity contribution < 1.29 is 13.9 Å². The summed E-state index contributed by atoms with van der Waals surface area (Å²) in [6, 6.07) is 5.09. The van der Waals surface area contributed by atoms with Gasteiger partial charge in [0.15, 0.2) is 0 Å². The van der Waals surface area contributed by atoms with Crippen molar-refractivity contribution in [3.8, 4) is 0 Å². The van der Waals surface area contributed by atoms with Gasteiger partial charge in [-0.25, -0.2) is 8.78 Å². The number of aliphatic hydroxyl groups excluding tert-OH is 1. The van der Waals surface area contributed by atoms with Crippen molar-refractivity contribution in [2.24, 2.45) is 5.73 Å². The number of benzene rings is 1. The zero-order valence-corrected chi connectivity index (χ0v) is 12.2. The normalized spacial score (nSPS) is 14.4. The summed E-state index contributed by atoms with van der Waals surface area (Å²) in [5.41, 5.74) is 5.86. The van der Waals surface area contributed by atoms with Gasteiger partial charge in [-0.1, -0.05) is 6.07 Å². The molecule has 2 aromatic rings. The lowest BCUT2D eigenvalue weighted by atomic mass is 9.92. The summed E-state index contributed by atoms with van der Waals surface area (Å²) in [5.74, 6) is -1.96. The zero-order chi connectivity index (χ0) is 14.0. The van der Waals surface area contributed by atoms with Crippen LogP contribution in [0.3, 0.4) is 0 Å². The molecule has 2 nitrogen and oxygen atoms in total. The molecular weight excluding hydrogens is 336 g/mol. The largest absolute Gasteiger partial charge is 0.387 e. The molecule has 1 aromatic heterocycles. The molecular formula is C13H12BrF2NOS. The van der Waals surface area contributed by atoms with E-state index in [0.29, 0.717) is 4.88 Å². The number of aliphatic hydroxyl groups is 1. The van der Waals surface area contributed by atoms with Crippen molar-refractivity contribution in [1.82, 2.24) is 0 Å². The predicted octanol–water partition coefficient (Wildman–Crippen LogP) is 3.56. The van der Waals surface area contributed by atoms with Crippen LogP contribution in [0.1, 0.15) is 22.5 Å². The molecule has 0 fully saturated rings. The Morgan fingerprint density at radius 2 is 2.05 bits per heavy atom. The van der Waals surface area contributed by atoms with Crippen molar-refractivity contribution in [2.75, 3.05) is 6.54 Å². The molecule has 2 unspecified atom stereocenters. The van der Waals surface area contributed by atoms with Gasteiger partial charge in [0.1, 0.15) is 11.6 Å². The van der Waals surface area contributed by atoms with Gasteiger partial charge < -0.3 is 10.8 Å². The van der Waals surface area contributed by atoms with Crippen molar-refractivity contribution in [3.63, 3.8) is 0 Å². The SMILES string of the molecule is NCC(c1ccc(F)cc1F)C(O)c1sccc1Br. The fourth-order valence-corrected chi connectivity index (χ4v) is 3.58. The summed E-state index contributed by atoms with van der Waals surface area (Å²) in [6.45, 7) is 0.0636. The van der Waals surface area contributed by atoms with Gasteiger partial charge >= 0.3 is 0 Å². The van der Waals surface area contributed by atoms with E-state index >= 15 is 0 Å². The van der Waals surface area contributed by atoms with E-state index in [0.717, 1.165) is 16.6 Å². The minimum Gasteiger partial charge on any atom is -0.387 e. The average molecular weight is 348 g/mol. The van der Waals surface area contributed by atoms with E-state index < -0.39 is 23.7 Å². The molecule has 1 aromatic carbocycles. The molecule has 6 heteroatoms. The van der Waals surface area contributed by atoms with E-state index in [1.54, 1.807) is 6.07 Å². The summed E-state index contributed by atoms with van der Waals surface area (Å²) < 4.78 is 27.4. The average Bonchev–Trinajstić information content (AvgIpc) is 2.78. The third-order valence-corrected chi connectivity index (χ3v) is 4.85. The van der Waals surface area contributed by atoms with E-state index in [1.165, 1.54) is 17.4 Å². The van der Waals surface area contributed by atoms with Gasteiger partial charge in [-0.15, -0.1) is 11.3 Å². The molecule has 19 heavy (non-hydrogen) atoms. The van der Waals surface area contributed by atoms with Crippen LogP contribution in [0.5, 0.6) is 0 Å². The fraction of sp³-hybridized carbons (Fsp3) is 0.231. The molecule has 0 bridgehead atoms. The van der Waals surface area contributed by atoms with Gasteiger partial charge in [0.25, 0.3) is 0 Å². The quantitative estimate of drug-likeness (QED) is 0.888. The van der Waals surface area contributed by atoms with E-state index in [1.807, 2.05) is 5.38 Å². The first-order valence-electron chi connectivity index (χ1n) is 5.60. The van der Waals surface area contributed by atoms with Crippen molar-refractivity contribution in [3.05, 3.63) is 56.2 Å². The van der Waals surface area contributed by atoms with Gasteiger partial charge in [-0.3, -0.25) is 0 Å². The molecule has 0 saturated heterocycles. The van der Waals surface area contributed by atoms with Crippen LogP contribution in [0.2, 0.25) is 0 Å². The number of rotatable bonds is 4. The Morgan fingerprint density at radius 3 is 2.58 bits per heavy atom. The maximum Gasteiger partial charge on any atom is 0.129 e. The number of thiophene rings is 1. The molecule has 2 rings (SSSR count). The second-order valence-corrected chi connectivity index (χ2v) is 5.89. The molecule has 102 valence electrons. The smallest absolute Gasteiger partial charge is 0.129 e. The molecule has 2 atom stereocenters. The lowest BCUT2D eigenvalue weighted by Crippen LogP contribution is -2.21. The Hall–Kier alpha value is -0.820. The highest BCUT2D eigenvalue weighted by molar-refractivity contribution is 9.10. The topological polar surface area (TPSA) is 46.2 Å². The molecule has 0 radical (unpaired) electrons.